The minimum Gasteiger partial charge on any atom is -0.446 e. The van der Waals surface area contributed by atoms with Gasteiger partial charge in [-0.2, -0.15) is 0 Å². The lowest BCUT2D eigenvalue weighted by atomic mass is 9.88. The summed E-state index contributed by atoms with van der Waals surface area (Å²) in [5.74, 6) is -0.358. The van der Waals surface area contributed by atoms with Crippen LogP contribution in [0.15, 0.2) is 0 Å². The predicted octanol–water partition coefficient (Wildman–Crippen LogP) is 1.47. The minimum absolute atomic E-state index is 0.0866. The smallest absolute Gasteiger partial charge is 0.329 e. The number of alkyl halides is 1. The Hall–Kier alpha value is -0.580. The molecule has 0 aromatic rings. The average molecular weight is 290 g/mol. The van der Waals surface area contributed by atoms with E-state index >= 15 is 0 Å². The van der Waals surface area contributed by atoms with E-state index < -0.39 is 9.93 Å². The molecule has 0 aliphatic carbocycles. The minimum atomic E-state index is -1.11. The molecule has 0 N–H and O–H groups in total. The van der Waals surface area contributed by atoms with Gasteiger partial charge in [-0.05, 0) is 33.6 Å². The number of halogens is 1. The highest BCUT2D eigenvalue weighted by Gasteiger charge is 2.58. The molecule has 0 unspecified atom stereocenters. The lowest BCUT2D eigenvalue weighted by molar-refractivity contribution is -0.191. The molecule has 5 heteroatoms. The highest BCUT2D eigenvalue weighted by molar-refractivity contribution is 9.10. The molecule has 90 valence electrons. The molecule has 0 saturated carbocycles. The van der Waals surface area contributed by atoms with Crippen LogP contribution in [-0.4, -0.2) is 39.3 Å². The Morgan fingerprint density at radius 1 is 1.50 bits per heavy atom. The number of rotatable bonds is 1. The van der Waals surface area contributed by atoms with E-state index in [1.54, 1.807) is 11.8 Å². The van der Waals surface area contributed by atoms with Gasteiger partial charge in [-0.15, -0.1) is 0 Å². The first-order valence-electron chi connectivity index (χ1n) is 5.50. The second kappa shape index (κ2) is 3.45. The lowest BCUT2D eigenvalue weighted by Crippen LogP contribution is -2.65. The lowest BCUT2D eigenvalue weighted by Gasteiger charge is -2.45. The van der Waals surface area contributed by atoms with Crippen LogP contribution >= 0.6 is 15.9 Å². The molecule has 0 bridgehead atoms. The molecule has 2 heterocycles. The van der Waals surface area contributed by atoms with Gasteiger partial charge in [0.05, 0.1) is 4.32 Å². The molecule has 2 saturated heterocycles. The molecule has 4 nitrogen and oxygen atoms in total. The predicted molar refractivity (Wildman–Crippen MR) is 62.2 cm³/mol. The summed E-state index contributed by atoms with van der Waals surface area (Å²) in [4.78, 5) is 25.8. The Kier molecular flexibility index (Phi) is 2.57. The van der Waals surface area contributed by atoms with E-state index in [0.717, 1.165) is 12.8 Å². The van der Waals surface area contributed by atoms with Crippen molar-refractivity contribution in [3.8, 4) is 0 Å². The molecule has 2 aliphatic heterocycles. The van der Waals surface area contributed by atoms with Crippen molar-refractivity contribution in [3.63, 3.8) is 0 Å². The van der Waals surface area contributed by atoms with Gasteiger partial charge >= 0.3 is 5.97 Å². The molecule has 0 aromatic heterocycles. The molecular weight excluding hydrogens is 274 g/mol. The molecule has 0 aromatic carbocycles. The molecule has 0 spiro atoms. The maximum absolute atomic E-state index is 12.3. The fourth-order valence-electron chi connectivity index (χ4n) is 2.22. The van der Waals surface area contributed by atoms with Crippen LogP contribution in [0.25, 0.3) is 0 Å². The molecule has 2 rings (SSSR count). The normalized spacial score (nSPS) is 35.0. The third-order valence-corrected chi connectivity index (χ3v) is 4.39. The number of hydrogen-bond donors (Lipinski definition) is 0. The van der Waals surface area contributed by atoms with E-state index in [1.165, 1.54) is 0 Å². The highest BCUT2D eigenvalue weighted by Crippen LogP contribution is 2.40. The first-order valence-corrected chi connectivity index (χ1v) is 6.29. The first-order chi connectivity index (χ1) is 7.27. The summed E-state index contributed by atoms with van der Waals surface area (Å²) in [6.45, 7) is 6.02. The molecular formula is C11H16BrNO3. The van der Waals surface area contributed by atoms with Crippen molar-refractivity contribution in [3.05, 3.63) is 0 Å². The van der Waals surface area contributed by atoms with E-state index in [4.69, 9.17) is 4.74 Å². The molecule has 2 aliphatic rings. The second-order valence-electron chi connectivity index (χ2n) is 5.08. The highest BCUT2D eigenvalue weighted by atomic mass is 79.9. The van der Waals surface area contributed by atoms with Gasteiger partial charge in [0.15, 0.2) is 0 Å². The summed E-state index contributed by atoms with van der Waals surface area (Å²) in [7, 11) is 0. The van der Waals surface area contributed by atoms with Crippen LogP contribution in [0.1, 0.15) is 33.6 Å². The summed E-state index contributed by atoms with van der Waals surface area (Å²) in [5, 5.41) is 0. The average Bonchev–Trinajstić information content (AvgIpc) is 2.61. The maximum atomic E-state index is 12.3. The van der Waals surface area contributed by atoms with Crippen LogP contribution in [0.4, 0.5) is 0 Å². The van der Waals surface area contributed by atoms with E-state index in [9.17, 15) is 9.59 Å². The zero-order chi connectivity index (χ0) is 12.1. The number of morpholine rings is 1. The summed E-state index contributed by atoms with van der Waals surface area (Å²) in [6, 6.07) is -0.351. The third kappa shape index (κ3) is 1.48. The zero-order valence-electron chi connectivity index (χ0n) is 9.75. The number of cyclic esters (lactones) is 1. The van der Waals surface area contributed by atoms with Crippen LogP contribution in [0, 0.1) is 0 Å². The number of fused-ring (bicyclic) bond motifs is 1. The Balaban J connectivity index is 2.37. The Morgan fingerprint density at radius 3 is 2.69 bits per heavy atom. The van der Waals surface area contributed by atoms with Crippen molar-refractivity contribution in [1.82, 2.24) is 4.90 Å². The number of esters is 1. The van der Waals surface area contributed by atoms with Crippen LogP contribution in [0.2, 0.25) is 0 Å². The van der Waals surface area contributed by atoms with Gasteiger partial charge in [0.25, 0.3) is 5.91 Å². The summed E-state index contributed by atoms with van der Waals surface area (Å²) in [5.41, 5.74) is -1.11. The SMILES string of the molecule is CC(C)(Br)[C@]1(C)OC(=O)[C@@H]2CCCN2C1=O. The molecule has 1 amide bonds. The van der Waals surface area contributed by atoms with Gasteiger partial charge in [0.1, 0.15) is 6.04 Å². The number of ether oxygens (including phenoxy) is 1. The summed E-state index contributed by atoms with van der Waals surface area (Å²) >= 11 is 3.44. The number of amides is 1. The van der Waals surface area contributed by atoms with Crippen molar-refractivity contribution < 1.29 is 14.3 Å². The van der Waals surface area contributed by atoms with Crippen molar-refractivity contribution in [2.45, 2.75) is 49.6 Å². The van der Waals surface area contributed by atoms with Crippen molar-refractivity contribution in [2.24, 2.45) is 0 Å². The van der Waals surface area contributed by atoms with Crippen LogP contribution < -0.4 is 0 Å². The summed E-state index contributed by atoms with van der Waals surface area (Å²) in [6.07, 6.45) is 1.60. The van der Waals surface area contributed by atoms with Gasteiger partial charge in [-0.1, -0.05) is 15.9 Å². The van der Waals surface area contributed by atoms with Crippen LogP contribution in [-0.2, 0) is 14.3 Å². The maximum Gasteiger partial charge on any atom is 0.329 e. The monoisotopic (exact) mass is 289 g/mol. The van der Waals surface area contributed by atoms with Gasteiger partial charge in [0.2, 0.25) is 5.60 Å². The number of hydrogen-bond acceptors (Lipinski definition) is 3. The van der Waals surface area contributed by atoms with Crippen molar-refractivity contribution >= 4 is 27.8 Å². The van der Waals surface area contributed by atoms with E-state index in [2.05, 4.69) is 15.9 Å². The third-order valence-electron chi connectivity index (χ3n) is 3.63. The van der Waals surface area contributed by atoms with Crippen LogP contribution in [0.5, 0.6) is 0 Å². The molecule has 2 fully saturated rings. The Labute approximate surface area is 103 Å². The molecule has 0 radical (unpaired) electrons. The van der Waals surface area contributed by atoms with Crippen molar-refractivity contribution in [2.75, 3.05) is 6.54 Å². The standard InChI is InChI=1S/C11H16BrNO3/c1-10(2,12)11(3)9(15)13-6-4-5-7(13)8(14)16-11/h7H,4-6H2,1-3H3/t7-,11+/m0/s1. The zero-order valence-corrected chi connectivity index (χ0v) is 11.3. The fourth-order valence-corrected chi connectivity index (χ4v) is 2.47. The quantitative estimate of drug-likeness (QED) is 0.542. The van der Waals surface area contributed by atoms with E-state index in [1.807, 2.05) is 13.8 Å². The largest absolute Gasteiger partial charge is 0.446 e. The number of carbonyl (C=O) groups excluding carboxylic acids is 2. The van der Waals surface area contributed by atoms with Crippen molar-refractivity contribution in [1.29, 1.82) is 0 Å². The van der Waals surface area contributed by atoms with E-state index in [0.29, 0.717) is 6.54 Å². The molecule has 16 heavy (non-hydrogen) atoms. The van der Waals surface area contributed by atoms with Gasteiger partial charge in [0, 0.05) is 6.54 Å². The van der Waals surface area contributed by atoms with Crippen LogP contribution in [0.3, 0.4) is 0 Å². The number of carbonyl (C=O) groups is 2. The number of nitrogens with zero attached hydrogens (tertiary/aromatic N) is 1. The van der Waals surface area contributed by atoms with Gasteiger partial charge in [-0.3, -0.25) is 4.79 Å². The molecule has 2 atom stereocenters. The second-order valence-corrected chi connectivity index (χ2v) is 7.07. The fraction of sp³-hybridized carbons (Fsp3) is 0.818. The summed E-state index contributed by atoms with van der Waals surface area (Å²) < 4.78 is 4.82. The topological polar surface area (TPSA) is 46.6 Å². The van der Waals surface area contributed by atoms with Gasteiger partial charge < -0.3 is 9.64 Å². The van der Waals surface area contributed by atoms with Gasteiger partial charge in [-0.25, -0.2) is 4.79 Å². The van der Waals surface area contributed by atoms with E-state index in [-0.39, 0.29) is 17.9 Å². The Bertz CT molecular complexity index is 350. The first kappa shape index (κ1) is 11.9. The Morgan fingerprint density at radius 2 is 2.12 bits per heavy atom.